The van der Waals surface area contributed by atoms with E-state index in [1.54, 1.807) is 12.1 Å². The fourth-order valence-electron chi connectivity index (χ4n) is 2.03. The van der Waals surface area contributed by atoms with E-state index in [0.29, 0.717) is 11.4 Å². The lowest BCUT2D eigenvalue weighted by Gasteiger charge is -2.11. The van der Waals surface area contributed by atoms with Gasteiger partial charge < -0.3 is 10.1 Å². The molecule has 0 aliphatic heterocycles. The Balaban J connectivity index is 1.97. The Kier molecular flexibility index (Phi) is 5.42. The Bertz CT molecular complexity index is 850. The van der Waals surface area contributed by atoms with Gasteiger partial charge >= 0.3 is 0 Å². The number of benzene rings is 2. The van der Waals surface area contributed by atoms with Crippen molar-refractivity contribution in [3.63, 3.8) is 0 Å². The molecule has 0 aliphatic rings. The fourth-order valence-corrected chi connectivity index (χ4v) is 2.48. The molecular formula is C16H19N3O4S. The smallest absolute Gasteiger partial charge is 0.296 e. The Labute approximate surface area is 141 Å². The predicted molar refractivity (Wildman–Crippen MR) is 93.2 cm³/mol. The van der Waals surface area contributed by atoms with Crippen LogP contribution < -0.4 is 19.9 Å². The molecule has 0 saturated carbocycles. The second-order valence-corrected chi connectivity index (χ2v) is 6.63. The van der Waals surface area contributed by atoms with Crippen molar-refractivity contribution in [2.45, 2.75) is 13.8 Å². The third-order valence-corrected chi connectivity index (χ3v) is 3.63. The van der Waals surface area contributed by atoms with Crippen molar-refractivity contribution in [1.82, 2.24) is 0 Å². The van der Waals surface area contributed by atoms with Gasteiger partial charge in [0.25, 0.3) is 16.1 Å². The molecule has 128 valence electrons. The monoisotopic (exact) mass is 349 g/mol. The van der Waals surface area contributed by atoms with E-state index in [4.69, 9.17) is 9.88 Å². The van der Waals surface area contributed by atoms with Crippen LogP contribution in [0.3, 0.4) is 0 Å². The van der Waals surface area contributed by atoms with Crippen LogP contribution in [-0.4, -0.2) is 20.9 Å². The van der Waals surface area contributed by atoms with Crippen LogP contribution in [0.25, 0.3) is 0 Å². The third kappa shape index (κ3) is 5.56. The second kappa shape index (κ2) is 7.33. The molecule has 2 rings (SSSR count). The molecule has 2 aromatic rings. The molecule has 0 aliphatic carbocycles. The van der Waals surface area contributed by atoms with Crippen molar-refractivity contribution in [3.8, 4) is 5.75 Å². The highest BCUT2D eigenvalue weighted by Crippen LogP contribution is 2.19. The van der Waals surface area contributed by atoms with E-state index < -0.39 is 10.2 Å². The Morgan fingerprint density at radius 2 is 1.83 bits per heavy atom. The van der Waals surface area contributed by atoms with Crippen LogP contribution in [0.15, 0.2) is 42.5 Å². The number of nitrogens with two attached hydrogens (primary N) is 1. The van der Waals surface area contributed by atoms with Crippen molar-refractivity contribution < 1.29 is 17.9 Å². The lowest BCUT2D eigenvalue weighted by molar-refractivity contribution is -0.118. The molecule has 24 heavy (non-hydrogen) atoms. The van der Waals surface area contributed by atoms with Crippen LogP contribution in [0, 0.1) is 13.8 Å². The van der Waals surface area contributed by atoms with Crippen LogP contribution in [0.2, 0.25) is 0 Å². The number of carbonyl (C=O) groups is 1. The number of hydrogen-bond donors (Lipinski definition) is 3. The van der Waals surface area contributed by atoms with Crippen molar-refractivity contribution in [1.29, 1.82) is 0 Å². The van der Waals surface area contributed by atoms with Gasteiger partial charge in [-0.1, -0.05) is 18.2 Å². The van der Waals surface area contributed by atoms with Crippen LogP contribution in [-0.2, 0) is 15.0 Å². The van der Waals surface area contributed by atoms with Crippen LogP contribution in [0.4, 0.5) is 11.4 Å². The number of anilines is 2. The van der Waals surface area contributed by atoms with Crippen molar-refractivity contribution in [2.24, 2.45) is 5.14 Å². The van der Waals surface area contributed by atoms with Gasteiger partial charge in [-0.15, -0.1) is 0 Å². The molecule has 0 fully saturated rings. The van der Waals surface area contributed by atoms with E-state index >= 15 is 0 Å². The van der Waals surface area contributed by atoms with Gasteiger partial charge in [-0.05, 0) is 49.2 Å². The van der Waals surface area contributed by atoms with Crippen LogP contribution in [0.1, 0.15) is 11.1 Å². The summed E-state index contributed by atoms with van der Waals surface area (Å²) in [6.07, 6.45) is 0. The molecule has 0 heterocycles. The average molecular weight is 349 g/mol. The van der Waals surface area contributed by atoms with E-state index in [-0.39, 0.29) is 18.2 Å². The first kappa shape index (κ1) is 17.8. The third-order valence-electron chi connectivity index (χ3n) is 3.11. The van der Waals surface area contributed by atoms with Gasteiger partial charge in [0.05, 0.1) is 5.69 Å². The first-order chi connectivity index (χ1) is 11.2. The van der Waals surface area contributed by atoms with E-state index in [9.17, 15) is 13.2 Å². The summed E-state index contributed by atoms with van der Waals surface area (Å²) >= 11 is 0. The zero-order chi connectivity index (χ0) is 17.7. The summed E-state index contributed by atoms with van der Waals surface area (Å²) < 4.78 is 29.7. The lowest BCUT2D eigenvalue weighted by Crippen LogP contribution is -2.22. The highest BCUT2D eigenvalue weighted by molar-refractivity contribution is 7.90. The zero-order valence-corrected chi connectivity index (χ0v) is 14.2. The predicted octanol–water partition coefficient (Wildman–Crippen LogP) is 1.94. The van der Waals surface area contributed by atoms with Gasteiger partial charge in [-0.25, -0.2) is 5.14 Å². The molecule has 1 amide bonds. The van der Waals surface area contributed by atoms with Crippen molar-refractivity contribution >= 4 is 27.5 Å². The number of aryl methyl sites for hydroxylation is 2. The molecular weight excluding hydrogens is 330 g/mol. The first-order valence-corrected chi connectivity index (χ1v) is 8.68. The molecule has 0 atom stereocenters. The average Bonchev–Trinajstić information content (AvgIpc) is 2.47. The number of rotatable bonds is 6. The van der Waals surface area contributed by atoms with Gasteiger partial charge in [-0.3, -0.25) is 9.52 Å². The Morgan fingerprint density at radius 3 is 2.54 bits per heavy atom. The van der Waals surface area contributed by atoms with E-state index in [1.165, 1.54) is 12.1 Å². The molecule has 0 radical (unpaired) electrons. The number of ether oxygens (including phenoxy) is 1. The van der Waals surface area contributed by atoms with Crippen molar-refractivity contribution in [2.75, 3.05) is 16.6 Å². The maximum atomic E-state index is 12.0. The molecule has 0 aromatic heterocycles. The molecule has 8 heteroatoms. The van der Waals surface area contributed by atoms with Crippen LogP contribution in [0.5, 0.6) is 5.75 Å². The Morgan fingerprint density at radius 1 is 1.12 bits per heavy atom. The SMILES string of the molecule is Cc1ccc(C)c(OCC(=O)Nc2cccc(NS(N)(=O)=O)c2)c1. The quantitative estimate of drug-likeness (QED) is 0.740. The standard InChI is InChI=1S/C16H19N3O4S/c1-11-6-7-12(2)15(8-11)23-10-16(20)18-13-4-3-5-14(9-13)19-24(17,21)22/h3-9,19H,10H2,1-2H3,(H,18,20)(H2,17,21,22). The molecule has 0 bridgehead atoms. The number of hydrogen-bond acceptors (Lipinski definition) is 4. The van der Waals surface area contributed by atoms with E-state index in [2.05, 4.69) is 10.0 Å². The van der Waals surface area contributed by atoms with E-state index in [0.717, 1.165) is 11.1 Å². The minimum atomic E-state index is -3.86. The summed E-state index contributed by atoms with van der Waals surface area (Å²) in [5.41, 5.74) is 2.66. The molecule has 2 aromatic carbocycles. The first-order valence-electron chi connectivity index (χ1n) is 7.13. The van der Waals surface area contributed by atoms with Gasteiger partial charge in [0.15, 0.2) is 6.61 Å². The summed E-state index contributed by atoms with van der Waals surface area (Å²) in [4.78, 5) is 12.0. The molecule has 4 N–H and O–H groups in total. The maximum absolute atomic E-state index is 12.0. The number of nitrogens with one attached hydrogen (secondary N) is 2. The highest BCUT2D eigenvalue weighted by atomic mass is 32.2. The summed E-state index contributed by atoms with van der Waals surface area (Å²) in [6, 6.07) is 11.9. The van der Waals surface area contributed by atoms with Gasteiger partial charge in [0.1, 0.15) is 5.75 Å². The largest absolute Gasteiger partial charge is 0.483 e. The highest BCUT2D eigenvalue weighted by Gasteiger charge is 2.08. The zero-order valence-electron chi connectivity index (χ0n) is 13.4. The van der Waals surface area contributed by atoms with Crippen LogP contribution >= 0.6 is 0 Å². The van der Waals surface area contributed by atoms with Crippen molar-refractivity contribution in [3.05, 3.63) is 53.6 Å². The molecule has 0 unspecified atom stereocenters. The van der Waals surface area contributed by atoms with Gasteiger partial charge in [-0.2, -0.15) is 8.42 Å². The topological polar surface area (TPSA) is 111 Å². The molecule has 0 saturated heterocycles. The second-order valence-electron chi connectivity index (χ2n) is 5.33. The number of amides is 1. The number of carbonyl (C=O) groups excluding carboxylic acids is 1. The minimum absolute atomic E-state index is 0.156. The summed E-state index contributed by atoms with van der Waals surface area (Å²) in [7, 11) is -3.86. The lowest BCUT2D eigenvalue weighted by atomic mass is 10.1. The molecule has 0 spiro atoms. The molecule has 7 nitrogen and oxygen atoms in total. The van der Waals surface area contributed by atoms with E-state index in [1.807, 2.05) is 32.0 Å². The van der Waals surface area contributed by atoms with Gasteiger partial charge in [0, 0.05) is 5.69 Å². The summed E-state index contributed by atoms with van der Waals surface area (Å²) in [5.74, 6) is 0.290. The Hall–Kier alpha value is -2.58. The maximum Gasteiger partial charge on any atom is 0.296 e. The summed E-state index contributed by atoms with van der Waals surface area (Å²) in [5, 5.41) is 7.54. The minimum Gasteiger partial charge on any atom is -0.483 e. The van der Waals surface area contributed by atoms with Gasteiger partial charge in [0.2, 0.25) is 0 Å². The fraction of sp³-hybridized carbons (Fsp3) is 0.188. The normalized spacial score (nSPS) is 11.0. The summed E-state index contributed by atoms with van der Waals surface area (Å²) in [6.45, 7) is 3.68.